The zero-order valence-electron chi connectivity index (χ0n) is 14.4. The van der Waals surface area contributed by atoms with E-state index in [1.807, 2.05) is 0 Å². The first-order valence-electron chi connectivity index (χ1n) is 7.93. The fourth-order valence-corrected chi connectivity index (χ4v) is 2.35. The van der Waals surface area contributed by atoms with Crippen molar-refractivity contribution in [3.8, 4) is 11.5 Å². The molecule has 146 valence electrons. The number of nitrogens with zero attached hydrogens (tertiary/aromatic N) is 1. The number of nitro benzene ring substituents is 1. The van der Waals surface area contributed by atoms with Gasteiger partial charge in [-0.2, -0.15) is 8.78 Å². The van der Waals surface area contributed by atoms with Crippen molar-refractivity contribution in [2.24, 2.45) is 0 Å². The zero-order chi connectivity index (χ0) is 19.8. The molecule has 2 aromatic rings. The van der Waals surface area contributed by atoms with Crippen LogP contribution >= 0.6 is 0 Å². The maximum Gasteiger partial charge on any atom is 0.387 e. The van der Waals surface area contributed by atoms with Crippen LogP contribution in [0.1, 0.15) is 5.56 Å². The Kier molecular flexibility index (Phi) is 7.12. The molecule has 0 aliphatic carbocycles. The van der Waals surface area contributed by atoms with Gasteiger partial charge in [0.1, 0.15) is 0 Å². The number of benzene rings is 2. The van der Waals surface area contributed by atoms with Gasteiger partial charge in [-0.3, -0.25) is 10.1 Å². The van der Waals surface area contributed by atoms with Crippen LogP contribution in [0.2, 0.25) is 0 Å². The summed E-state index contributed by atoms with van der Waals surface area (Å²) in [5.41, 5.74) is 1.64. The van der Waals surface area contributed by atoms with Gasteiger partial charge >= 0.3 is 6.61 Å². The van der Waals surface area contributed by atoms with Gasteiger partial charge in [0.05, 0.1) is 30.0 Å². The first-order chi connectivity index (χ1) is 12.9. The van der Waals surface area contributed by atoms with E-state index in [0.717, 1.165) is 0 Å². The van der Waals surface area contributed by atoms with Gasteiger partial charge in [0.15, 0.2) is 11.5 Å². The van der Waals surface area contributed by atoms with Crippen LogP contribution in [0.4, 0.5) is 25.8 Å². The van der Waals surface area contributed by atoms with E-state index in [4.69, 9.17) is 9.84 Å². The van der Waals surface area contributed by atoms with Crippen LogP contribution in [-0.2, 0) is 6.54 Å². The largest absolute Gasteiger partial charge is 0.493 e. The summed E-state index contributed by atoms with van der Waals surface area (Å²) in [5.74, 6) is 0.0594. The van der Waals surface area contributed by atoms with E-state index >= 15 is 0 Å². The Bertz CT molecular complexity index is 789. The molecule has 0 amide bonds. The summed E-state index contributed by atoms with van der Waals surface area (Å²) in [6.45, 7) is -2.53. The fraction of sp³-hybridized carbons (Fsp3) is 0.294. The second-order valence-electron chi connectivity index (χ2n) is 5.35. The van der Waals surface area contributed by atoms with Crippen molar-refractivity contribution >= 4 is 17.1 Å². The second kappa shape index (κ2) is 9.53. The standard InChI is InChI=1S/C17H19F2N3O5/c1-26-16-8-11(2-5-15(16)27-17(18)19)10-21-14-9-12(22(24)25)3-4-13(14)20-6-7-23/h2-5,8-9,17,20-21,23H,6-7,10H2,1H3. The van der Waals surface area contributed by atoms with E-state index in [-0.39, 0.29) is 36.9 Å². The topological polar surface area (TPSA) is 106 Å². The number of ether oxygens (including phenoxy) is 2. The molecule has 0 spiro atoms. The van der Waals surface area contributed by atoms with E-state index in [1.54, 1.807) is 6.07 Å². The molecule has 3 N–H and O–H groups in total. The first-order valence-corrected chi connectivity index (χ1v) is 7.93. The Morgan fingerprint density at radius 1 is 1.15 bits per heavy atom. The molecule has 0 unspecified atom stereocenters. The molecule has 2 aromatic carbocycles. The third-order valence-electron chi connectivity index (χ3n) is 3.57. The predicted octanol–water partition coefficient (Wildman–Crippen LogP) is 3.22. The molecule has 8 nitrogen and oxygen atoms in total. The molecule has 0 saturated carbocycles. The van der Waals surface area contributed by atoms with Crippen molar-refractivity contribution in [1.82, 2.24) is 0 Å². The van der Waals surface area contributed by atoms with Gasteiger partial charge < -0.3 is 25.2 Å². The SMILES string of the molecule is COc1cc(CNc2cc([N+](=O)[O-])ccc2NCCO)ccc1OC(F)F. The van der Waals surface area contributed by atoms with Gasteiger partial charge in [-0.25, -0.2) is 0 Å². The predicted molar refractivity (Wildman–Crippen MR) is 95.6 cm³/mol. The zero-order valence-corrected chi connectivity index (χ0v) is 14.4. The van der Waals surface area contributed by atoms with Crippen molar-refractivity contribution in [3.05, 3.63) is 52.1 Å². The number of hydrogen-bond donors (Lipinski definition) is 3. The van der Waals surface area contributed by atoms with Gasteiger partial charge in [-0.15, -0.1) is 0 Å². The molecule has 0 aromatic heterocycles. The molecule has 0 atom stereocenters. The van der Waals surface area contributed by atoms with Crippen molar-refractivity contribution < 1.29 is 28.3 Å². The maximum atomic E-state index is 12.4. The van der Waals surface area contributed by atoms with Crippen LogP contribution in [0, 0.1) is 10.1 Å². The van der Waals surface area contributed by atoms with Crippen LogP contribution in [0.25, 0.3) is 0 Å². The molecule has 0 radical (unpaired) electrons. The molecule has 0 heterocycles. The number of halogens is 2. The molecular weight excluding hydrogens is 364 g/mol. The maximum absolute atomic E-state index is 12.4. The number of aliphatic hydroxyl groups is 1. The van der Waals surface area contributed by atoms with Crippen LogP contribution in [0.5, 0.6) is 11.5 Å². The number of alkyl halides is 2. The molecule has 0 fully saturated rings. The third kappa shape index (κ3) is 5.68. The Morgan fingerprint density at radius 2 is 1.93 bits per heavy atom. The highest BCUT2D eigenvalue weighted by atomic mass is 19.3. The van der Waals surface area contributed by atoms with Crippen LogP contribution in [0.15, 0.2) is 36.4 Å². The van der Waals surface area contributed by atoms with Crippen LogP contribution in [0.3, 0.4) is 0 Å². The van der Waals surface area contributed by atoms with Gasteiger partial charge in [-0.1, -0.05) is 6.07 Å². The summed E-state index contributed by atoms with van der Waals surface area (Å²) in [5, 5.41) is 25.9. The monoisotopic (exact) mass is 383 g/mol. The summed E-state index contributed by atoms with van der Waals surface area (Å²) in [6, 6.07) is 8.72. The minimum absolute atomic E-state index is 0.0862. The van der Waals surface area contributed by atoms with Crippen LogP contribution < -0.4 is 20.1 Å². The lowest BCUT2D eigenvalue weighted by molar-refractivity contribution is -0.384. The number of anilines is 2. The van der Waals surface area contributed by atoms with E-state index < -0.39 is 11.5 Å². The van der Waals surface area contributed by atoms with Crippen molar-refractivity contribution in [2.75, 3.05) is 30.9 Å². The average Bonchev–Trinajstić information content (AvgIpc) is 2.65. The molecule has 0 aliphatic rings. The van der Waals surface area contributed by atoms with Gasteiger partial charge in [0.2, 0.25) is 0 Å². The molecular formula is C17H19F2N3O5. The highest BCUT2D eigenvalue weighted by Gasteiger charge is 2.13. The number of non-ortho nitro benzene ring substituents is 1. The highest BCUT2D eigenvalue weighted by molar-refractivity contribution is 5.72. The van der Waals surface area contributed by atoms with Crippen molar-refractivity contribution in [2.45, 2.75) is 13.2 Å². The number of hydrogen-bond acceptors (Lipinski definition) is 7. The first kappa shape index (κ1) is 20.2. The molecule has 2 rings (SSSR count). The van der Waals surface area contributed by atoms with Crippen LogP contribution in [-0.4, -0.2) is 36.9 Å². The quantitative estimate of drug-likeness (QED) is 0.427. The summed E-state index contributed by atoms with van der Waals surface area (Å²) in [7, 11) is 1.34. The average molecular weight is 383 g/mol. The van der Waals surface area contributed by atoms with E-state index in [0.29, 0.717) is 16.9 Å². The number of nitrogens with one attached hydrogen (secondary N) is 2. The summed E-state index contributed by atoms with van der Waals surface area (Å²) >= 11 is 0. The molecule has 10 heteroatoms. The van der Waals surface area contributed by atoms with Gasteiger partial charge in [0.25, 0.3) is 5.69 Å². The lowest BCUT2D eigenvalue weighted by Crippen LogP contribution is -2.09. The lowest BCUT2D eigenvalue weighted by atomic mass is 10.1. The Labute approximate surface area is 153 Å². The smallest absolute Gasteiger partial charge is 0.387 e. The highest BCUT2D eigenvalue weighted by Crippen LogP contribution is 2.31. The van der Waals surface area contributed by atoms with Gasteiger partial charge in [-0.05, 0) is 23.8 Å². The second-order valence-corrected chi connectivity index (χ2v) is 5.35. The normalized spacial score (nSPS) is 10.6. The summed E-state index contributed by atoms with van der Waals surface area (Å²) < 4.78 is 34.2. The Morgan fingerprint density at radius 3 is 2.56 bits per heavy atom. The van der Waals surface area contributed by atoms with E-state index in [2.05, 4.69) is 15.4 Å². The van der Waals surface area contributed by atoms with Gasteiger partial charge in [0, 0.05) is 25.2 Å². The number of aliphatic hydroxyl groups excluding tert-OH is 1. The molecule has 0 aliphatic heterocycles. The number of rotatable bonds is 10. The number of nitro groups is 1. The van der Waals surface area contributed by atoms with Crippen molar-refractivity contribution in [1.29, 1.82) is 0 Å². The summed E-state index contributed by atoms with van der Waals surface area (Å²) in [6.07, 6.45) is 0. The number of methoxy groups -OCH3 is 1. The Balaban J connectivity index is 2.19. The van der Waals surface area contributed by atoms with Crippen molar-refractivity contribution in [3.63, 3.8) is 0 Å². The minimum Gasteiger partial charge on any atom is -0.493 e. The lowest BCUT2D eigenvalue weighted by Gasteiger charge is -2.15. The Hall–Kier alpha value is -3.14. The third-order valence-corrected chi connectivity index (χ3v) is 3.57. The van der Waals surface area contributed by atoms with E-state index in [1.165, 1.54) is 37.4 Å². The summed E-state index contributed by atoms with van der Waals surface area (Å²) in [4.78, 5) is 10.5. The van der Waals surface area contributed by atoms with E-state index in [9.17, 15) is 18.9 Å². The molecule has 0 saturated heterocycles. The molecule has 27 heavy (non-hydrogen) atoms. The molecule has 0 bridgehead atoms. The fourth-order valence-electron chi connectivity index (χ4n) is 2.35. The minimum atomic E-state index is -2.96.